The summed E-state index contributed by atoms with van der Waals surface area (Å²) in [4.78, 5) is 2.47. The van der Waals surface area contributed by atoms with Crippen LogP contribution in [0.3, 0.4) is 0 Å². The fourth-order valence-corrected chi connectivity index (χ4v) is 6.17. The number of aromatic nitrogens is 1. The Morgan fingerprint density at radius 1 is 0.707 bits per heavy atom. The summed E-state index contributed by atoms with van der Waals surface area (Å²) in [7, 11) is 8.81. The van der Waals surface area contributed by atoms with Gasteiger partial charge in [0.2, 0.25) is 5.52 Å². The van der Waals surface area contributed by atoms with E-state index in [1.807, 2.05) is 6.07 Å². The average molecular weight is 554 g/mol. The molecule has 1 saturated heterocycles. The maximum atomic E-state index is 5.97. The number of methoxy groups -OCH3 is 4. The first-order valence-electron chi connectivity index (χ1n) is 14.0. The molecule has 7 heteroatoms. The van der Waals surface area contributed by atoms with Crippen LogP contribution < -0.4 is 23.5 Å². The van der Waals surface area contributed by atoms with Crippen molar-refractivity contribution in [3.8, 4) is 34.1 Å². The van der Waals surface area contributed by atoms with Gasteiger partial charge in [-0.2, -0.15) is 4.57 Å². The molecule has 4 aromatic carbocycles. The number of nitrogens with zero attached hydrogens (tertiary/aromatic N) is 2. The van der Waals surface area contributed by atoms with E-state index in [1.54, 1.807) is 28.4 Å². The first kappa shape index (κ1) is 27.1. The topological polar surface area (TPSA) is 53.3 Å². The van der Waals surface area contributed by atoms with Crippen molar-refractivity contribution in [3.63, 3.8) is 0 Å². The molecule has 1 aliphatic heterocycles. The van der Waals surface area contributed by atoms with Gasteiger partial charge in [0.1, 0.15) is 7.05 Å². The van der Waals surface area contributed by atoms with Gasteiger partial charge >= 0.3 is 0 Å². The Bertz CT molecular complexity index is 1730. The van der Waals surface area contributed by atoms with E-state index in [1.165, 1.54) is 5.56 Å². The number of fused-ring (bicyclic) bond motifs is 5. The highest BCUT2D eigenvalue weighted by molar-refractivity contribution is 6.18. The summed E-state index contributed by atoms with van der Waals surface area (Å²) >= 11 is 0. The maximum Gasteiger partial charge on any atom is 0.220 e. The number of rotatable bonds is 8. The molecule has 41 heavy (non-hydrogen) atoms. The summed E-state index contributed by atoms with van der Waals surface area (Å²) in [5.41, 5.74) is 4.54. The Labute approximate surface area is 240 Å². The van der Waals surface area contributed by atoms with Crippen LogP contribution in [0, 0.1) is 0 Å². The molecule has 0 N–H and O–H groups in total. The average Bonchev–Trinajstić information content (AvgIpc) is 3.02. The molecule has 0 saturated carbocycles. The first-order chi connectivity index (χ1) is 20.1. The van der Waals surface area contributed by atoms with Crippen molar-refractivity contribution in [3.05, 3.63) is 66.4 Å². The smallest absolute Gasteiger partial charge is 0.220 e. The quantitative estimate of drug-likeness (QED) is 0.186. The lowest BCUT2D eigenvalue weighted by molar-refractivity contribution is -0.642. The van der Waals surface area contributed by atoms with Crippen LogP contribution in [0.25, 0.3) is 43.6 Å². The van der Waals surface area contributed by atoms with Crippen molar-refractivity contribution in [1.82, 2.24) is 4.90 Å². The first-order valence-corrected chi connectivity index (χ1v) is 14.0. The monoisotopic (exact) mass is 553 g/mol. The zero-order valence-electron chi connectivity index (χ0n) is 24.5. The number of benzene rings is 4. The minimum Gasteiger partial charge on any atom is -0.493 e. The van der Waals surface area contributed by atoms with Gasteiger partial charge in [0.05, 0.1) is 57.8 Å². The summed E-state index contributed by atoms with van der Waals surface area (Å²) in [6, 6.07) is 19.4. The van der Waals surface area contributed by atoms with Gasteiger partial charge in [-0.1, -0.05) is 30.3 Å². The Balaban J connectivity index is 1.51. The van der Waals surface area contributed by atoms with Crippen LogP contribution in [0.5, 0.6) is 23.0 Å². The van der Waals surface area contributed by atoms with Crippen molar-refractivity contribution in [2.24, 2.45) is 7.05 Å². The summed E-state index contributed by atoms with van der Waals surface area (Å²) in [6.07, 6.45) is 3.12. The molecule has 0 radical (unpaired) electrons. The van der Waals surface area contributed by atoms with Crippen molar-refractivity contribution < 1.29 is 28.3 Å². The van der Waals surface area contributed by atoms with E-state index < -0.39 is 0 Å². The third kappa shape index (κ3) is 4.79. The minimum absolute atomic E-state index is 0.700. The predicted molar refractivity (Wildman–Crippen MR) is 163 cm³/mol. The number of ether oxygens (including phenoxy) is 5. The molecular weight excluding hydrogens is 516 g/mol. The normalized spacial score (nSPS) is 14.1. The summed E-state index contributed by atoms with van der Waals surface area (Å²) in [6.45, 7) is 4.70. The third-order valence-electron chi connectivity index (χ3n) is 8.25. The van der Waals surface area contributed by atoms with Gasteiger partial charge in [-0.15, -0.1) is 0 Å². The molecule has 7 nitrogen and oxygen atoms in total. The molecule has 0 atom stereocenters. The molecule has 5 aromatic rings. The molecule has 6 rings (SSSR count). The van der Waals surface area contributed by atoms with Crippen LogP contribution in [0.1, 0.15) is 5.56 Å². The summed E-state index contributed by atoms with van der Waals surface area (Å²) < 4.78 is 30.8. The molecule has 2 heterocycles. The Hall–Kier alpha value is -4.07. The van der Waals surface area contributed by atoms with Crippen LogP contribution >= 0.6 is 0 Å². The molecule has 1 aliphatic rings. The van der Waals surface area contributed by atoms with Crippen LogP contribution in [0.2, 0.25) is 0 Å². The van der Waals surface area contributed by atoms with E-state index in [2.05, 4.69) is 71.2 Å². The van der Waals surface area contributed by atoms with Crippen LogP contribution in [0.4, 0.5) is 0 Å². The Morgan fingerprint density at radius 3 is 2.07 bits per heavy atom. The van der Waals surface area contributed by atoms with E-state index in [0.29, 0.717) is 11.5 Å². The zero-order valence-corrected chi connectivity index (χ0v) is 24.5. The third-order valence-corrected chi connectivity index (χ3v) is 8.25. The SMILES string of the molecule is COc1cc2c(ccc3c4ccc(OC)c(OC)c4c[n+](C)c23)c(-c2ccc(CCN3CCOCC3)cc2)c1OC. The number of morpholine rings is 1. The van der Waals surface area contributed by atoms with Crippen LogP contribution in [-0.2, 0) is 18.2 Å². The van der Waals surface area contributed by atoms with E-state index in [9.17, 15) is 0 Å². The van der Waals surface area contributed by atoms with Crippen molar-refractivity contribution >= 4 is 32.4 Å². The number of pyridine rings is 1. The molecule has 1 aromatic heterocycles. The van der Waals surface area contributed by atoms with Crippen molar-refractivity contribution in [1.29, 1.82) is 0 Å². The fraction of sp³-hybridized carbons (Fsp3) is 0.324. The van der Waals surface area contributed by atoms with E-state index in [0.717, 1.165) is 94.3 Å². The highest BCUT2D eigenvalue weighted by Crippen LogP contribution is 2.46. The van der Waals surface area contributed by atoms with Gasteiger partial charge < -0.3 is 23.7 Å². The van der Waals surface area contributed by atoms with Gasteiger partial charge in [-0.05, 0) is 41.8 Å². The minimum atomic E-state index is 0.700. The number of hydrogen-bond donors (Lipinski definition) is 0. The number of hydrogen-bond acceptors (Lipinski definition) is 6. The second-order valence-corrected chi connectivity index (χ2v) is 10.4. The lowest BCUT2D eigenvalue weighted by Gasteiger charge is -2.26. The standard InChI is InChI=1S/C34H37N2O5/c1-35-21-28-24(12-13-29(37-2)33(28)39-4)26-11-10-25-27(32(26)35)20-30(38-3)34(40-5)31(25)23-8-6-22(7-9-23)14-15-36-16-18-41-19-17-36/h6-13,20-21H,14-19H2,1-5H3/q+1. The highest BCUT2D eigenvalue weighted by atomic mass is 16.5. The van der Waals surface area contributed by atoms with E-state index >= 15 is 0 Å². The fourth-order valence-electron chi connectivity index (χ4n) is 6.17. The molecule has 0 bridgehead atoms. The molecule has 0 amide bonds. The Kier molecular flexibility index (Phi) is 7.56. The molecule has 0 unspecified atom stereocenters. The molecule has 0 aliphatic carbocycles. The molecule has 1 fully saturated rings. The lowest BCUT2D eigenvalue weighted by atomic mass is 9.93. The predicted octanol–water partition coefficient (Wildman–Crippen LogP) is 5.55. The van der Waals surface area contributed by atoms with Crippen LogP contribution in [-0.4, -0.2) is 66.2 Å². The van der Waals surface area contributed by atoms with Gasteiger partial charge in [0.25, 0.3) is 0 Å². The van der Waals surface area contributed by atoms with Gasteiger partial charge in [-0.25, -0.2) is 0 Å². The largest absolute Gasteiger partial charge is 0.493 e. The lowest BCUT2D eigenvalue weighted by Crippen LogP contribution is -2.37. The van der Waals surface area contributed by atoms with Gasteiger partial charge in [0.15, 0.2) is 29.2 Å². The van der Waals surface area contributed by atoms with Gasteiger partial charge in [0, 0.05) is 36.0 Å². The molecule has 212 valence electrons. The second-order valence-electron chi connectivity index (χ2n) is 10.4. The zero-order chi connectivity index (χ0) is 28.5. The van der Waals surface area contributed by atoms with E-state index in [4.69, 9.17) is 23.7 Å². The van der Waals surface area contributed by atoms with E-state index in [-0.39, 0.29) is 0 Å². The van der Waals surface area contributed by atoms with Crippen molar-refractivity contribution in [2.75, 3.05) is 61.3 Å². The summed E-state index contributed by atoms with van der Waals surface area (Å²) in [5.74, 6) is 2.87. The number of aryl methyl sites for hydroxylation is 1. The molecule has 0 spiro atoms. The van der Waals surface area contributed by atoms with Crippen molar-refractivity contribution in [2.45, 2.75) is 6.42 Å². The van der Waals surface area contributed by atoms with Gasteiger partial charge in [-0.3, -0.25) is 4.90 Å². The second kappa shape index (κ2) is 11.4. The van der Waals surface area contributed by atoms with Crippen LogP contribution in [0.15, 0.2) is 60.8 Å². The highest BCUT2D eigenvalue weighted by Gasteiger charge is 2.24. The Morgan fingerprint density at radius 2 is 1.39 bits per heavy atom. The summed E-state index contributed by atoms with van der Waals surface area (Å²) in [5, 5.41) is 5.40. The maximum absolute atomic E-state index is 5.97. The molecular formula is C34H37N2O5+.